The first kappa shape index (κ1) is 37.7. The van der Waals surface area contributed by atoms with E-state index in [9.17, 15) is 19.5 Å². The number of ether oxygens (including phenoxy) is 3. The Morgan fingerprint density at radius 3 is 2.36 bits per heavy atom. The Morgan fingerprint density at radius 1 is 0.927 bits per heavy atom. The molecule has 3 unspecified atom stereocenters. The van der Waals surface area contributed by atoms with Crippen LogP contribution in [0.25, 0.3) is 11.1 Å². The maximum absolute atomic E-state index is 13.7. The smallest absolute Gasteiger partial charge is 0.326 e. The number of fused-ring (bicyclic) bond motifs is 2. The van der Waals surface area contributed by atoms with Crippen LogP contribution in [0.2, 0.25) is 10.0 Å². The van der Waals surface area contributed by atoms with Gasteiger partial charge in [0.15, 0.2) is 17.6 Å². The van der Waals surface area contributed by atoms with Gasteiger partial charge in [0, 0.05) is 38.2 Å². The Labute approximate surface area is 329 Å². The summed E-state index contributed by atoms with van der Waals surface area (Å²) in [4.78, 5) is 44.8. The number of nitrogens with zero attached hydrogens (tertiary/aromatic N) is 2. The molecule has 2 aliphatic rings. The van der Waals surface area contributed by atoms with Gasteiger partial charge in [0.25, 0.3) is 0 Å². The number of aromatic nitrogens is 1. The molecule has 3 heterocycles. The van der Waals surface area contributed by atoms with Gasteiger partial charge in [-0.25, -0.2) is 4.79 Å². The summed E-state index contributed by atoms with van der Waals surface area (Å²) in [5.41, 5.74) is 8.25. The lowest BCUT2D eigenvalue weighted by Gasteiger charge is -2.37. The topological polar surface area (TPSA) is 127 Å². The van der Waals surface area contributed by atoms with Gasteiger partial charge in [-0.15, -0.1) is 0 Å². The first-order valence-electron chi connectivity index (χ1n) is 17.9. The van der Waals surface area contributed by atoms with Crippen molar-refractivity contribution >= 4 is 41.0 Å². The molecular formula is C43H39Cl2N3O7. The van der Waals surface area contributed by atoms with Gasteiger partial charge in [0.2, 0.25) is 11.8 Å². The predicted molar refractivity (Wildman–Crippen MR) is 209 cm³/mol. The molecule has 2 N–H and O–H groups in total. The monoisotopic (exact) mass is 779 g/mol. The maximum Gasteiger partial charge on any atom is 0.326 e. The number of aryl methyl sites for hydroxylation is 1. The Bertz CT molecular complexity index is 2260. The highest BCUT2D eigenvalue weighted by Crippen LogP contribution is 2.41. The van der Waals surface area contributed by atoms with Gasteiger partial charge in [-0.05, 0) is 101 Å². The largest absolute Gasteiger partial charge is 0.489 e. The third kappa shape index (κ3) is 8.40. The molecule has 2 amide bonds. The summed E-state index contributed by atoms with van der Waals surface area (Å²) in [6, 6.07) is 24.1. The van der Waals surface area contributed by atoms with Crippen molar-refractivity contribution in [2.24, 2.45) is 0 Å². The number of carbonyl (C=O) groups is 3. The molecule has 3 atom stereocenters. The number of hydrogen-bond acceptors (Lipinski definition) is 7. The van der Waals surface area contributed by atoms with E-state index in [-0.39, 0.29) is 38.0 Å². The highest BCUT2D eigenvalue weighted by molar-refractivity contribution is 6.42. The molecule has 282 valence electrons. The number of halogens is 2. The summed E-state index contributed by atoms with van der Waals surface area (Å²) < 4.78 is 18.5. The van der Waals surface area contributed by atoms with E-state index in [0.717, 1.165) is 50.2 Å². The molecule has 1 aromatic heterocycles. The zero-order valence-electron chi connectivity index (χ0n) is 30.5. The molecule has 0 saturated carbocycles. The van der Waals surface area contributed by atoms with Crippen molar-refractivity contribution in [2.75, 3.05) is 6.61 Å². The maximum atomic E-state index is 13.7. The number of benzene rings is 4. The number of aliphatic carboxylic acids is 1. The van der Waals surface area contributed by atoms with Gasteiger partial charge in [0.1, 0.15) is 31.0 Å². The molecule has 0 radical (unpaired) electrons. The number of amides is 2. The lowest BCUT2D eigenvalue weighted by atomic mass is 9.92. The summed E-state index contributed by atoms with van der Waals surface area (Å²) >= 11 is 12.1. The van der Waals surface area contributed by atoms with Gasteiger partial charge >= 0.3 is 5.97 Å². The summed E-state index contributed by atoms with van der Waals surface area (Å²) in [5, 5.41) is 13.8. The molecule has 0 bridgehead atoms. The number of carboxylic acids is 1. The minimum atomic E-state index is -1.20. The second-order valence-corrected chi connectivity index (χ2v) is 14.6. The van der Waals surface area contributed by atoms with E-state index >= 15 is 0 Å². The van der Waals surface area contributed by atoms with Crippen molar-refractivity contribution in [3.8, 4) is 28.4 Å². The minimum Gasteiger partial charge on any atom is -0.489 e. The molecule has 0 saturated heterocycles. The fraction of sp³-hybridized carbons (Fsp3) is 0.256. The van der Waals surface area contributed by atoms with E-state index in [4.69, 9.17) is 37.4 Å². The lowest BCUT2D eigenvalue weighted by Crippen LogP contribution is -2.55. The molecule has 0 aliphatic carbocycles. The molecule has 0 spiro atoms. The van der Waals surface area contributed by atoms with Crippen molar-refractivity contribution in [2.45, 2.75) is 65.0 Å². The number of carboxylic acid groups (broad SMARTS) is 1. The van der Waals surface area contributed by atoms with Crippen LogP contribution in [0, 0.1) is 13.8 Å². The first-order chi connectivity index (χ1) is 26.4. The summed E-state index contributed by atoms with van der Waals surface area (Å²) in [7, 11) is 0. The number of rotatable bonds is 10. The average Bonchev–Trinajstić information content (AvgIpc) is 3.18. The number of nitrogens with one attached hydrogen (secondary N) is 1. The van der Waals surface area contributed by atoms with Crippen molar-refractivity contribution in [1.29, 1.82) is 0 Å². The highest BCUT2D eigenvalue weighted by atomic mass is 35.5. The molecular weight excluding hydrogens is 741 g/mol. The second kappa shape index (κ2) is 16.0. The number of carbonyl (C=O) groups excluding carboxylic acids is 2. The van der Waals surface area contributed by atoms with Crippen LogP contribution in [0.5, 0.6) is 17.2 Å². The van der Waals surface area contributed by atoms with Crippen LogP contribution in [0.1, 0.15) is 52.1 Å². The van der Waals surface area contributed by atoms with E-state index in [2.05, 4.69) is 10.3 Å². The molecule has 5 aromatic rings. The highest BCUT2D eigenvalue weighted by Gasteiger charge is 2.37. The van der Waals surface area contributed by atoms with Crippen LogP contribution in [0.3, 0.4) is 0 Å². The number of pyridine rings is 1. The van der Waals surface area contributed by atoms with Crippen LogP contribution in [-0.4, -0.2) is 51.5 Å². The Hall–Kier alpha value is -5.58. The molecule has 7 rings (SSSR count). The molecule has 12 heteroatoms. The van der Waals surface area contributed by atoms with E-state index < -0.39 is 24.0 Å². The van der Waals surface area contributed by atoms with E-state index in [1.807, 2.05) is 86.6 Å². The van der Waals surface area contributed by atoms with E-state index in [1.54, 1.807) is 18.3 Å². The van der Waals surface area contributed by atoms with Crippen LogP contribution >= 0.6 is 23.2 Å². The normalized spacial score (nSPS) is 16.5. The van der Waals surface area contributed by atoms with Gasteiger partial charge in [-0.2, -0.15) is 0 Å². The van der Waals surface area contributed by atoms with Gasteiger partial charge in [0.05, 0.1) is 10.0 Å². The van der Waals surface area contributed by atoms with Crippen LogP contribution in [0.4, 0.5) is 0 Å². The third-order valence-electron chi connectivity index (χ3n) is 10.2. The van der Waals surface area contributed by atoms with Gasteiger partial charge in [-0.3, -0.25) is 14.6 Å². The molecule has 10 nitrogen and oxygen atoms in total. The molecule has 4 aromatic carbocycles. The quantitative estimate of drug-likeness (QED) is 0.147. The van der Waals surface area contributed by atoms with Crippen molar-refractivity contribution in [3.05, 3.63) is 140 Å². The van der Waals surface area contributed by atoms with Gasteiger partial charge in [-0.1, -0.05) is 65.7 Å². The van der Waals surface area contributed by atoms with Crippen LogP contribution in [-0.2, 0) is 40.4 Å². The number of hydrogen-bond donors (Lipinski definition) is 2. The fourth-order valence-corrected chi connectivity index (χ4v) is 7.25. The van der Waals surface area contributed by atoms with Gasteiger partial charge < -0.3 is 29.5 Å². The summed E-state index contributed by atoms with van der Waals surface area (Å²) in [6.45, 7) is 6.13. The van der Waals surface area contributed by atoms with E-state index in [1.165, 1.54) is 11.8 Å². The Balaban J connectivity index is 1.00. The van der Waals surface area contributed by atoms with Crippen molar-refractivity contribution < 1.29 is 33.7 Å². The Morgan fingerprint density at radius 2 is 1.65 bits per heavy atom. The predicted octanol–water partition coefficient (Wildman–Crippen LogP) is 7.85. The first-order valence-corrected chi connectivity index (χ1v) is 18.6. The SMILES string of the molecule is CC(=O)N1Cc2cc3c(cc2CC1C(=O)NC(Cc1ccc(-c2ccnc(C)c2C)cc1)C(=O)O)OCC(c1ccc(OCc2ccc(Cl)c(Cl)c2)cc1)O3. The third-order valence-corrected chi connectivity index (χ3v) is 10.9. The fourth-order valence-electron chi connectivity index (χ4n) is 6.93. The van der Waals surface area contributed by atoms with Crippen LogP contribution < -0.4 is 19.5 Å². The van der Waals surface area contributed by atoms with Crippen molar-refractivity contribution in [3.63, 3.8) is 0 Å². The summed E-state index contributed by atoms with van der Waals surface area (Å²) in [5.74, 6) is -0.248. The zero-order valence-corrected chi connectivity index (χ0v) is 32.0. The Kier molecular flexibility index (Phi) is 11.0. The standard InChI is InChI=1S/C43H39Cl2N3O7/c1-24-25(2)46-15-14-34(24)29-7-4-27(5-8-29)17-37(43(51)52)47-42(50)38-18-31-19-39-40(20-32(31)21-48(38)26(3)49)55-41(23-54-39)30-9-11-33(12-10-30)53-22-28-6-13-35(44)36(45)16-28/h4-16,19-20,37-38,41H,17-18,21-23H2,1-3H3,(H,47,50)(H,51,52). The zero-order chi connectivity index (χ0) is 38.8. The minimum absolute atomic E-state index is 0.0768. The van der Waals surface area contributed by atoms with Crippen LogP contribution in [0.15, 0.2) is 91.1 Å². The van der Waals surface area contributed by atoms with Crippen molar-refractivity contribution in [1.82, 2.24) is 15.2 Å². The average molecular weight is 781 g/mol. The molecule has 55 heavy (non-hydrogen) atoms. The molecule has 0 fully saturated rings. The lowest BCUT2D eigenvalue weighted by molar-refractivity contribution is -0.144. The second-order valence-electron chi connectivity index (χ2n) is 13.8. The summed E-state index contributed by atoms with van der Waals surface area (Å²) in [6.07, 6.45) is 1.65. The molecule has 2 aliphatic heterocycles. The van der Waals surface area contributed by atoms with E-state index in [0.29, 0.717) is 33.9 Å².